The van der Waals surface area contributed by atoms with E-state index in [1.807, 2.05) is 12.1 Å². The Balaban J connectivity index is 1.79. The molecule has 140 valence electrons. The molecule has 0 spiro atoms. The maximum atomic E-state index is 12.1. The van der Waals surface area contributed by atoms with Crippen LogP contribution in [0.4, 0.5) is 0 Å². The highest BCUT2D eigenvalue weighted by Gasteiger charge is 2.28. The molecular weight excluding hydrogens is 316 g/mol. The summed E-state index contributed by atoms with van der Waals surface area (Å²) in [6.07, 6.45) is 0. The molecule has 0 unspecified atom stereocenters. The molecule has 1 heterocycles. The first-order valence-corrected chi connectivity index (χ1v) is 9.12. The van der Waals surface area contributed by atoms with Gasteiger partial charge in [-0.1, -0.05) is 19.9 Å². The van der Waals surface area contributed by atoms with Crippen molar-refractivity contribution < 1.29 is 14.3 Å². The Kier molecular flexibility index (Phi) is 6.85. The molecule has 0 aliphatic carbocycles. The van der Waals surface area contributed by atoms with Crippen LogP contribution in [0.15, 0.2) is 18.2 Å². The summed E-state index contributed by atoms with van der Waals surface area (Å²) < 4.78 is 11.0. The lowest BCUT2D eigenvalue weighted by molar-refractivity contribution is -0.123. The summed E-state index contributed by atoms with van der Waals surface area (Å²) in [5, 5.41) is 2.99. The Hall–Kier alpha value is -1.59. The van der Waals surface area contributed by atoms with Crippen molar-refractivity contribution >= 4 is 5.91 Å². The van der Waals surface area contributed by atoms with Crippen LogP contribution in [0.5, 0.6) is 5.75 Å². The molecule has 5 heteroatoms. The number of hydrogen-bond acceptors (Lipinski definition) is 4. The third-order valence-electron chi connectivity index (χ3n) is 4.82. The standard InChI is InChI=1S/C20H32N2O3/c1-15(2)18-7-6-17(12-16(18)3)25-13-19(23)21-14-20(4,5)22-8-10-24-11-9-22/h6-7,12,15H,8-11,13-14H2,1-5H3,(H,21,23). The molecule has 1 fully saturated rings. The zero-order chi connectivity index (χ0) is 18.4. The van der Waals surface area contributed by atoms with Crippen molar-refractivity contribution in [2.75, 3.05) is 39.5 Å². The second-order valence-electron chi connectivity index (χ2n) is 7.65. The van der Waals surface area contributed by atoms with E-state index in [9.17, 15) is 4.79 Å². The van der Waals surface area contributed by atoms with Gasteiger partial charge in [-0.05, 0) is 49.9 Å². The number of carbonyl (C=O) groups excluding carboxylic acids is 1. The van der Waals surface area contributed by atoms with E-state index >= 15 is 0 Å². The van der Waals surface area contributed by atoms with Crippen LogP contribution in [0.1, 0.15) is 44.7 Å². The number of benzene rings is 1. The second kappa shape index (κ2) is 8.68. The Morgan fingerprint density at radius 3 is 2.60 bits per heavy atom. The van der Waals surface area contributed by atoms with Gasteiger partial charge in [-0.15, -0.1) is 0 Å². The number of ether oxygens (including phenoxy) is 2. The molecule has 25 heavy (non-hydrogen) atoms. The fourth-order valence-electron chi connectivity index (χ4n) is 3.18. The largest absolute Gasteiger partial charge is 0.484 e. The molecule has 5 nitrogen and oxygen atoms in total. The molecule has 1 aromatic rings. The number of carbonyl (C=O) groups is 1. The third-order valence-corrected chi connectivity index (χ3v) is 4.82. The molecule has 1 amide bonds. The van der Waals surface area contributed by atoms with Crippen LogP contribution in [-0.4, -0.2) is 55.8 Å². The highest BCUT2D eigenvalue weighted by atomic mass is 16.5. The lowest BCUT2D eigenvalue weighted by atomic mass is 9.98. The number of nitrogens with one attached hydrogen (secondary N) is 1. The number of rotatable bonds is 7. The number of morpholine rings is 1. The van der Waals surface area contributed by atoms with Gasteiger partial charge < -0.3 is 14.8 Å². The van der Waals surface area contributed by atoms with Gasteiger partial charge in [0.2, 0.25) is 0 Å². The first-order chi connectivity index (χ1) is 11.8. The average molecular weight is 348 g/mol. The first-order valence-electron chi connectivity index (χ1n) is 9.12. The Morgan fingerprint density at radius 1 is 1.32 bits per heavy atom. The molecule has 1 aliphatic heterocycles. The molecule has 0 aromatic heterocycles. The van der Waals surface area contributed by atoms with Crippen molar-refractivity contribution in [1.82, 2.24) is 10.2 Å². The van der Waals surface area contributed by atoms with Gasteiger partial charge in [0.05, 0.1) is 13.2 Å². The average Bonchev–Trinajstić information content (AvgIpc) is 2.58. The monoisotopic (exact) mass is 348 g/mol. The summed E-state index contributed by atoms with van der Waals surface area (Å²) in [4.78, 5) is 14.5. The van der Waals surface area contributed by atoms with E-state index in [1.54, 1.807) is 0 Å². The maximum absolute atomic E-state index is 12.1. The van der Waals surface area contributed by atoms with Crippen LogP contribution in [-0.2, 0) is 9.53 Å². The van der Waals surface area contributed by atoms with E-state index in [4.69, 9.17) is 9.47 Å². The zero-order valence-electron chi connectivity index (χ0n) is 16.2. The predicted molar refractivity (Wildman–Crippen MR) is 100 cm³/mol. The van der Waals surface area contributed by atoms with Crippen LogP contribution < -0.4 is 10.1 Å². The molecule has 2 rings (SSSR count). The van der Waals surface area contributed by atoms with E-state index in [0.29, 0.717) is 12.5 Å². The Bertz CT molecular complexity index is 578. The minimum absolute atomic E-state index is 0.0413. The molecule has 0 atom stereocenters. The first kappa shape index (κ1) is 19.7. The molecule has 1 saturated heterocycles. The number of hydrogen-bond donors (Lipinski definition) is 1. The van der Waals surface area contributed by atoms with Crippen molar-refractivity contribution in [2.45, 2.75) is 46.1 Å². The fourth-order valence-corrected chi connectivity index (χ4v) is 3.18. The topological polar surface area (TPSA) is 50.8 Å². The van der Waals surface area contributed by atoms with Gasteiger partial charge in [0.15, 0.2) is 6.61 Å². The van der Waals surface area contributed by atoms with Crippen LogP contribution in [0.25, 0.3) is 0 Å². The van der Waals surface area contributed by atoms with E-state index in [0.717, 1.165) is 32.1 Å². The van der Waals surface area contributed by atoms with Gasteiger partial charge in [0, 0.05) is 25.2 Å². The molecule has 1 aliphatic rings. The molecule has 1 aromatic carbocycles. The summed E-state index contributed by atoms with van der Waals surface area (Å²) in [5.41, 5.74) is 2.42. The van der Waals surface area contributed by atoms with Crippen LogP contribution in [0, 0.1) is 6.92 Å². The number of nitrogens with zero attached hydrogens (tertiary/aromatic N) is 1. The Morgan fingerprint density at radius 2 is 2.00 bits per heavy atom. The molecular formula is C20H32N2O3. The van der Waals surface area contributed by atoms with Gasteiger partial charge >= 0.3 is 0 Å². The molecule has 0 saturated carbocycles. The number of amides is 1. The smallest absolute Gasteiger partial charge is 0.258 e. The summed E-state index contributed by atoms with van der Waals surface area (Å²) in [6.45, 7) is 14.7. The van der Waals surface area contributed by atoms with Crippen molar-refractivity contribution in [2.24, 2.45) is 0 Å². The lowest BCUT2D eigenvalue weighted by Crippen LogP contribution is -2.55. The second-order valence-corrected chi connectivity index (χ2v) is 7.65. The minimum Gasteiger partial charge on any atom is -0.484 e. The quantitative estimate of drug-likeness (QED) is 0.823. The van der Waals surface area contributed by atoms with Crippen LogP contribution in [0.3, 0.4) is 0 Å². The highest BCUT2D eigenvalue weighted by molar-refractivity contribution is 5.77. The van der Waals surface area contributed by atoms with Crippen molar-refractivity contribution in [3.05, 3.63) is 29.3 Å². The van der Waals surface area contributed by atoms with Crippen molar-refractivity contribution in [3.63, 3.8) is 0 Å². The van der Waals surface area contributed by atoms with Gasteiger partial charge in [0.1, 0.15) is 5.75 Å². The molecule has 1 N–H and O–H groups in total. The summed E-state index contributed by atoms with van der Waals surface area (Å²) in [7, 11) is 0. The predicted octanol–water partition coefficient (Wildman–Crippen LogP) is 2.72. The highest BCUT2D eigenvalue weighted by Crippen LogP contribution is 2.23. The van der Waals surface area contributed by atoms with Crippen LogP contribution >= 0.6 is 0 Å². The molecule has 0 bridgehead atoms. The number of aryl methyl sites for hydroxylation is 1. The van der Waals surface area contributed by atoms with Crippen molar-refractivity contribution in [3.8, 4) is 5.75 Å². The van der Waals surface area contributed by atoms with Crippen LogP contribution in [0.2, 0.25) is 0 Å². The van der Waals surface area contributed by atoms with Gasteiger partial charge in [-0.2, -0.15) is 0 Å². The van der Waals surface area contributed by atoms with E-state index in [2.05, 4.69) is 50.9 Å². The summed E-state index contributed by atoms with van der Waals surface area (Å²) >= 11 is 0. The van der Waals surface area contributed by atoms with Gasteiger partial charge in [0.25, 0.3) is 5.91 Å². The summed E-state index contributed by atoms with van der Waals surface area (Å²) in [6, 6.07) is 6.02. The lowest BCUT2D eigenvalue weighted by Gasteiger charge is -2.40. The van der Waals surface area contributed by atoms with Crippen molar-refractivity contribution in [1.29, 1.82) is 0 Å². The van der Waals surface area contributed by atoms with E-state index < -0.39 is 0 Å². The third kappa shape index (κ3) is 5.72. The zero-order valence-corrected chi connectivity index (χ0v) is 16.2. The fraction of sp³-hybridized carbons (Fsp3) is 0.650. The van der Waals surface area contributed by atoms with E-state index in [1.165, 1.54) is 11.1 Å². The van der Waals surface area contributed by atoms with Gasteiger partial charge in [-0.25, -0.2) is 0 Å². The molecule has 0 radical (unpaired) electrons. The SMILES string of the molecule is Cc1cc(OCC(=O)NCC(C)(C)N2CCOCC2)ccc1C(C)C. The Labute approximate surface area is 151 Å². The summed E-state index contributed by atoms with van der Waals surface area (Å²) in [5.74, 6) is 1.14. The minimum atomic E-state index is -0.0908. The van der Waals surface area contributed by atoms with E-state index in [-0.39, 0.29) is 18.1 Å². The maximum Gasteiger partial charge on any atom is 0.258 e. The van der Waals surface area contributed by atoms with Gasteiger partial charge in [-0.3, -0.25) is 9.69 Å². The normalized spacial score (nSPS) is 16.1.